The maximum Gasteiger partial charge on any atom is 0.220 e. The van der Waals surface area contributed by atoms with E-state index in [1.54, 1.807) is 0 Å². The van der Waals surface area contributed by atoms with Crippen molar-refractivity contribution in [2.24, 2.45) is 0 Å². The Kier molecular flexibility index (Phi) is 5.59. The molecule has 2 N–H and O–H groups in total. The molecule has 1 aromatic carbocycles. The predicted octanol–water partition coefficient (Wildman–Crippen LogP) is 1.79. The summed E-state index contributed by atoms with van der Waals surface area (Å²) in [7, 11) is 0. The van der Waals surface area contributed by atoms with Crippen LogP contribution in [0, 0.1) is 0 Å². The molecule has 0 radical (unpaired) electrons. The van der Waals surface area contributed by atoms with Crippen molar-refractivity contribution >= 4 is 11.8 Å². The van der Waals surface area contributed by atoms with Gasteiger partial charge in [0.2, 0.25) is 11.8 Å². The molecule has 1 unspecified atom stereocenters. The van der Waals surface area contributed by atoms with Crippen LogP contribution in [0.15, 0.2) is 30.3 Å². The average molecular weight is 274 g/mol. The molecule has 108 valence electrons. The lowest BCUT2D eigenvalue weighted by Gasteiger charge is -2.16. The first kappa shape index (κ1) is 14.6. The molecule has 0 spiro atoms. The molecule has 0 aromatic heterocycles. The lowest BCUT2D eigenvalue weighted by Crippen LogP contribution is -2.42. The third-order valence-corrected chi connectivity index (χ3v) is 3.60. The van der Waals surface area contributed by atoms with Crippen LogP contribution < -0.4 is 10.6 Å². The number of hydrogen-bond donors (Lipinski definition) is 2. The van der Waals surface area contributed by atoms with E-state index in [0.29, 0.717) is 19.4 Å². The Hall–Kier alpha value is -1.84. The summed E-state index contributed by atoms with van der Waals surface area (Å²) in [6.07, 6.45) is 4.80. The molecule has 2 rings (SSSR count). The van der Waals surface area contributed by atoms with E-state index >= 15 is 0 Å². The lowest BCUT2D eigenvalue weighted by molar-refractivity contribution is -0.123. The summed E-state index contributed by atoms with van der Waals surface area (Å²) in [5.41, 5.74) is 1.17. The van der Waals surface area contributed by atoms with E-state index in [1.807, 2.05) is 30.3 Å². The highest BCUT2D eigenvalue weighted by Gasteiger charge is 2.16. The van der Waals surface area contributed by atoms with Crippen molar-refractivity contribution in [3.05, 3.63) is 35.9 Å². The van der Waals surface area contributed by atoms with Crippen molar-refractivity contribution in [2.75, 3.05) is 6.54 Å². The van der Waals surface area contributed by atoms with E-state index in [2.05, 4.69) is 10.6 Å². The Balaban J connectivity index is 1.68. The van der Waals surface area contributed by atoms with Gasteiger partial charge in [-0.05, 0) is 24.8 Å². The summed E-state index contributed by atoms with van der Waals surface area (Å²) >= 11 is 0. The van der Waals surface area contributed by atoms with Gasteiger partial charge in [0.05, 0.1) is 0 Å². The van der Waals surface area contributed by atoms with Crippen LogP contribution in [0.3, 0.4) is 0 Å². The molecule has 4 nitrogen and oxygen atoms in total. The maximum atomic E-state index is 11.8. The average Bonchev–Trinajstić information content (AvgIpc) is 2.68. The minimum Gasteiger partial charge on any atom is -0.354 e. The van der Waals surface area contributed by atoms with Gasteiger partial charge in [-0.15, -0.1) is 0 Å². The molecule has 0 saturated carbocycles. The van der Waals surface area contributed by atoms with Gasteiger partial charge in [-0.3, -0.25) is 9.59 Å². The Morgan fingerprint density at radius 3 is 2.85 bits per heavy atom. The number of benzene rings is 1. The molecule has 1 aromatic rings. The fraction of sp³-hybridized carbons (Fsp3) is 0.500. The molecule has 1 fully saturated rings. The van der Waals surface area contributed by atoms with E-state index in [9.17, 15) is 9.59 Å². The van der Waals surface area contributed by atoms with Gasteiger partial charge in [0.25, 0.3) is 0 Å². The van der Waals surface area contributed by atoms with Crippen LogP contribution in [-0.4, -0.2) is 24.4 Å². The van der Waals surface area contributed by atoms with Gasteiger partial charge >= 0.3 is 0 Å². The number of aryl methyl sites for hydroxylation is 1. The summed E-state index contributed by atoms with van der Waals surface area (Å²) in [6, 6.07) is 10.1. The number of hydrogen-bond acceptors (Lipinski definition) is 2. The van der Waals surface area contributed by atoms with Crippen LogP contribution in [0.5, 0.6) is 0 Å². The quantitative estimate of drug-likeness (QED) is 0.860. The zero-order chi connectivity index (χ0) is 14.2. The van der Waals surface area contributed by atoms with Gasteiger partial charge in [0, 0.05) is 25.4 Å². The second-order valence-electron chi connectivity index (χ2n) is 5.30. The Morgan fingerprint density at radius 1 is 1.25 bits per heavy atom. The van der Waals surface area contributed by atoms with Crippen LogP contribution in [0.1, 0.15) is 37.7 Å². The Morgan fingerprint density at radius 2 is 2.05 bits per heavy atom. The van der Waals surface area contributed by atoms with Crippen LogP contribution in [0.25, 0.3) is 0 Å². The minimum absolute atomic E-state index is 0.0485. The van der Waals surface area contributed by atoms with Crippen molar-refractivity contribution in [1.29, 1.82) is 0 Å². The topological polar surface area (TPSA) is 58.2 Å². The predicted molar refractivity (Wildman–Crippen MR) is 78.2 cm³/mol. The highest BCUT2D eigenvalue weighted by molar-refractivity contribution is 5.77. The van der Waals surface area contributed by atoms with Crippen LogP contribution in [-0.2, 0) is 16.0 Å². The van der Waals surface area contributed by atoms with E-state index in [0.717, 1.165) is 25.7 Å². The molecule has 1 atom stereocenters. The highest BCUT2D eigenvalue weighted by atomic mass is 16.2. The van der Waals surface area contributed by atoms with Crippen molar-refractivity contribution < 1.29 is 9.59 Å². The Labute approximate surface area is 119 Å². The number of rotatable bonds is 5. The lowest BCUT2D eigenvalue weighted by atomic mass is 10.1. The molecule has 1 heterocycles. The smallest absolute Gasteiger partial charge is 0.220 e. The maximum absolute atomic E-state index is 11.8. The summed E-state index contributed by atoms with van der Waals surface area (Å²) in [6.45, 7) is 0.541. The fourth-order valence-corrected chi connectivity index (χ4v) is 2.43. The van der Waals surface area contributed by atoms with Gasteiger partial charge in [-0.25, -0.2) is 0 Å². The van der Waals surface area contributed by atoms with Crippen LogP contribution in [0.2, 0.25) is 0 Å². The number of carbonyl (C=O) groups excluding carboxylic acids is 2. The molecule has 1 saturated heterocycles. The van der Waals surface area contributed by atoms with E-state index in [4.69, 9.17) is 0 Å². The van der Waals surface area contributed by atoms with Crippen molar-refractivity contribution in [3.63, 3.8) is 0 Å². The van der Waals surface area contributed by atoms with E-state index in [-0.39, 0.29) is 17.9 Å². The zero-order valence-corrected chi connectivity index (χ0v) is 11.7. The summed E-state index contributed by atoms with van der Waals surface area (Å²) in [5.74, 6) is 0.151. The van der Waals surface area contributed by atoms with Crippen LogP contribution in [0.4, 0.5) is 0 Å². The standard InChI is InChI=1S/C16H22N2O2/c19-15(11-10-13-6-2-1-3-7-13)17-12-14-8-4-5-9-16(20)18-14/h1-3,6-7,14H,4-5,8-12H2,(H,17,19)(H,18,20). The first-order valence-electron chi connectivity index (χ1n) is 7.34. The van der Waals surface area contributed by atoms with Gasteiger partial charge in [0.1, 0.15) is 0 Å². The van der Waals surface area contributed by atoms with Crippen LogP contribution >= 0.6 is 0 Å². The second kappa shape index (κ2) is 7.68. The second-order valence-corrected chi connectivity index (χ2v) is 5.30. The molecule has 20 heavy (non-hydrogen) atoms. The molecule has 4 heteroatoms. The van der Waals surface area contributed by atoms with Gasteiger partial charge in [-0.1, -0.05) is 36.8 Å². The van der Waals surface area contributed by atoms with Crippen molar-refractivity contribution in [2.45, 2.75) is 44.6 Å². The molecule has 0 aliphatic carbocycles. The summed E-state index contributed by atoms with van der Waals surface area (Å²) in [4.78, 5) is 23.2. The van der Waals surface area contributed by atoms with Gasteiger partial charge in [-0.2, -0.15) is 0 Å². The molecular weight excluding hydrogens is 252 g/mol. The molecular formula is C16H22N2O2. The monoisotopic (exact) mass is 274 g/mol. The SMILES string of the molecule is O=C(CCc1ccccc1)NCC1CCCCC(=O)N1. The third kappa shape index (κ3) is 5.03. The van der Waals surface area contributed by atoms with Crippen molar-refractivity contribution in [1.82, 2.24) is 10.6 Å². The molecule has 1 aliphatic rings. The molecule has 0 bridgehead atoms. The molecule has 1 aliphatic heterocycles. The van der Waals surface area contributed by atoms with E-state index < -0.39 is 0 Å². The Bertz CT molecular complexity index is 445. The van der Waals surface area contributed by atoms with Gasteiger partial charge < -0.3 is 10.6 Å². The van der Waals surface area contributed by atoms with Gasteiger partial charge in [0.15, 0.2) is 0 Å². The zero-order valence-electron chi connectivity index (χ0n) is 11.7. The number of amides is 2. The normalized spacial score (nSPS) is 19.0. The third-order valence-electron chi connectivity index (χ3n) is 3.60. The number of carbonyl (C=O) groups is 2. The summed E-state index contributed by atoms with van der Waals surface area (Å²) < 4.78 is 0. The summed E-state index contributed by atoms with van der Waals surface area (Å²) in [5, 5.41) is 5.87. The molecule has 2 amide bonds. The van der Waals surface area contributed by atoms with E-state index in [1.165, 1.54) is 5.56 Å². The minimum atomic E-state index is 0.0485. The fourth-order valence-electron chi connectivity index (χ4n) is 2.43. The van der Waals surface area contributed by atoms with Crippen molar-refractivity contribution in [3.8, 4) is 0 Å². The largest absolute Gasteiger partial charge is 0.354 e. The first-order valence-corrected chi connectivity index (χ1v) is 7.34. The number of nitrogens with one attached hydrogen (secondary N) is 2. The highest BCUT2D eigenvalue weighted by Crippen LogP contribution is 2.08. The first-order chi connectivity index (χ1) is 9.74.